The molecule has 0 radical (unpaired) electrons. The number of carbonyl (C=O) groups excluding carboxylic acids is 1. The van der Waals surface area contributed by atoms with Gasteiger partial charge >= 0.3 is 5.97 Å². The minimum Gasteiger partial charge on any atom is -0.458 e. The van der Waals surface area contributed by atoms with Crippen molar-refractivity contribution in [1.82, 2.24) is 0 Å². The Hall–Kier alpha value is -1.01. The highest BCUT2D eigenvalue weighted by Crippen LogP contribution is 2.13. The third-order valence-electron chi connectivity index (χ3n) is 1.86. The van der Waals surface area contributed by atoms with Gasteiger partial charge in [-0.15, -0.1) is 5.73 Å². The fourth-order valence-corrected chi connectivity index (χ4v) is 1.12. The third kappa shape index (κ3) is 5.26. The molecule has 0 aliphatic rings. The summed E-state index contributed by atoms with van der Waals surface area (Å²) in [6, 6.07) is 0. The first-order valence-corrected chi connectivity index (χ1v) is 4.67. The highest BCUT2D eigenvalue weighted by atomic mass is 16.5. The van der Waals surface area contributed by atoms with Gasteiger partial charge in [0.15, 0.2) is 0 Å². The number of esters is 1. The van der Waals surface area contributed by atoms with Crippen LogP contribution in [0, 0.1) is 0 Å². The molecule has 2 nitrogen and oxygen atoms in total. The fourth-order valence-electron chi connectivity index (χ4n) is 1.12. The van der Waals surface area contributed by atoms with Gasteiger partial charge in [-0.25, -0.2) is 0 Å². The Morgan fingerprint density at radius 2 is 2.23 bits per heavy atom. The summed E-state index contributed by atoms with van der Waals surface area (Å²) in [5, 5.41) is 0. The van der Waals surface area contributed by atoms with Gasteiger partial charge in [-0.1, -0.05) is 19.9 Å². The molecule has 0 aromatic rings. The lowest BCUT2D eigenvalue weighted by molar-refractivity contribution is -0.143. The van der Waals surface area contributed by atoms with Gasteiger partial charge in [0.05, 0.1) is 0 Å². The van der Waals surface area contributed by atoms with E-state index >= 15 is 0 Å². The number of hydrogen-bond donors (Lipinski definition) is 0. The monoisotopic (exact) mass is 182 g/mol. The Bertz CT molecular complexity index is 212. The second kappa shape index (κ2) is 6.50. The summed E-state index contributed by atoms with van der Waals surface area (Å²) in [4.78, 5) is 10.7. The van der Waals surface area contributed by atoms with Crippen molar-refractivity contribution in [2.24, 2.45) is 0 Å². The first kappa shape index (κ1) is 12.0. The summed E-state index contributed by atoms with van der Waals surface area (Å²) < 4.78 is 5.02. The van der Waals surface area contributed by atoms with E-state index < -0.39 is 0 Å². The first-order valence-electron chi connectivity index (χ1n) is 4.67. The standard InChI is InChI=1S/C11H18O2/c1-5-7-8-11(6-2)9(3)13-10(4)12/h9H,2,5,7-8H2,1,3-4H3/t9-/m1/s1. The van der Waals surface area contributed by atoms with Gasteiger partial charge in [0, 0.05) is 12.5 Å². The summed E-state index contributed by atoms with van der Waals surface area (Å²) in [6.07, 6.45) is 2.94. The lowest BCUT2D eigenvalue weighted by atomic mass is 10.1. The Morgan fingerprint density at radius 1 is 1.62 bits per heavy atom. The fraction of sp³-hybridized carbons (Fsp3) is 0.636. The van der Waals surface area contributed by atoms with E-state index in [1.807, 2.05) is 6.92 Å². The Balaban J connectivity index is 4.09. The topological polar surface area (TPSA) is 26.3 Å². The molecule has 0 saturated carbocycles. The molecule has 0 heterocycles. The van der Waals surface area contributed by atoms with Crippen LogP contribution in [0.2, 0.25) is 0 Å². The van der Waals surface area contributed by atoms with Gasteiger partial charge in [0.2, 0.25) is 0 Å². The molecule has 0 aromatic heterocycles. The number of ether oxygens (including phenoxy) is 1. The quantitative estimate of drug-likeness (QED) is 0.482. The predicted octanol–water partition coefficient (Wildman–Crippen LogP) is 2.84. The molecule has 0 amide bonds. The Labute approximate surface area is 80.3 Å². The summed E-state index contributed by atoms with van der Waals surface area (Å²) in [6.45, 7) is 8.98. The van der Waals surface area contributed by atoms with Crippen molar-refractivity contribution in [1.29, 1.82) is 0 Å². The van der Waals surface area contributed by atoms with E-state index in [4.69, 9.17) is 4.74 Å². The summed E-state index contributed by atoms with van der Waals surface area (Å²) >= 11 is 0. The van der Waals surface area contributed by atoms with E-state index in [0.717, 1.165) is 24.8 Å². The van der Waals surface area contributed by atoms with Crippen LogP contribution in [0.1, 0.15) is 40.0 Å². The molecule has 0 bridgehead atoms. The zero-order valence-corrected chi connectivity index (χ0v) is 8.72. The van der Waals surface area contributed by atoms with Gasteiger partial charge in [0.1, 0.15) is 6.10 Å². The van der Waals surface area contributed by atoms with Crippen LogP contribution >= 0.6 is 0 Å². The molecule has 0 saturated heterocycles. The first-order chi connectivity index (χ1) is 6.11. The van der Waals surface area contributed by atoms with Crippen LogP contribution in [0.4, 0.5) is 0 Å². The van der Waals surface area contributed by atoms with Gasteiger partial charge in [-0.3, -0.25) is 4.79 Å². The number of carbonyl (C=O) groups is 1. The minimum atomic E-state index is -0.253. The van der Waals surface area contributed by atoms with E-state index in [9.17, 15) is 4.79 Å². The smallest absolute Gasteiger partial charge is 0.303 e. The largest absolute Gasteiger partial charge is 0.458 e. The predicted molar refractivity (Wildman–Crippen MR) is 53.4 cm³/mol. The Morgan fingerprint density at radius 3 is 2.62 bits per heavy atom. The molecule has 0 aromatic carbocycles. The van der Waals surface area contributed by atoms with E-state index in [1.165, 1.54) is 6.92 Å². The van der Waals surface area contributed by atoms with Crippen molar-refractivity contribution in [2.45, 2.75) is 46.1 Å². The van der Waals surface area contributed by atoms with E-state index in [1.54, 1.807) is 0 Å². The summed E-state index contributed by atoms with van der Waals surface area (Å²) in [5.74, 6) is -0.253. The van der Waals surface area contributed by atoms with Gasteiger partial charge in [-0.05, 0) is 19.8 Å². The second-order valence-corrected chi connectivity index (χ2v) is 3.06. The highest BCUT2D eigenvalue weighted by Gasteiger charge is 2.10. The van der Waals surface area contributed by atoms with Gasteiger partial charge < -0.3 is 4.74 Å². The molecular weight excluding hydrogens is 164 g/mol. The zero-order valence-electron chi connectivity index (χ0n) is 8.72. The van der Waals surface area contributed by atoms with Crippen molar-refractivity contribution in [3.63, 3.8) is 0 Å². The van der Waals surface area contributed by atoms with Crippen LogP contribution in [0.15, 0.2) is 17.9 Å². The van der Waals surface area contributed by atoms with Crippen LogP contribution in [0.5, 0.6) is 0 Å². The van der Waals surface area contributed by atoms with Crippen molar-refractivity contribution in [3.8, 4) is 0 Å². The molecule has 1 atom stereocenters. The molecular formula is C11H18O2. The van der Waals surface area contributed by atoms with Gasteiger partial charge in [-0.2, -0.15) is 0 Å². The van der Waals surface area contributed by atoms with Crippen molar-refractivity contribution < 1.29 is 9.53 Å². The SMILES string of the molecule is C=C=C(CCCC)[C@@H](C)OC(C)=O. The molecule has 0 rings (SSSR count). The van der Waals surface area contributed by atoms with Crippen molar-refractivity contribution >= 4 is 5.97 Å². The highest BCUT2D eigenvalue weighted by molar-refractivity contribution is 5.66. The van der Waals surface area contributed by atoms with Gasteiger partial charge in [0.25, 0.3) is 0 Å². The van der Waals surface area contributed by atoms with Crippen molar-refractivity contribution in [3.05, 3.63) is 17.9 Å². The maximum atomic E-state index is 10.7. The van der Waals surface area contributed by atoms with Crippen LogP contribution in [-0.4, -0.2) is 12.1 Å². The van der Waals surface area contributed by atoms with Crippen LogP contribution < -0.4 is 0 Å². The molecule has 0 N–H and O–H groups in total. The molecule has 0 unspecified atom stereocenters. The van der Waals surface area contributed by atoms with Crippen LogP contribution in [0.25, 0.3) is 0 Å². The Kier molecular flexibility index (Phi) is 5.99. The van der Waals surface area contributed by atoms with E-state index in [0.29, 0.717) is 0 Å². The van der Waals surface area contributed by atoms with Crippen LogP contribution in [0.3, 0.4) is 0 Å². The molecule has 0 fully saturated rings. The molecule has 13 heavy (non-hydrogen) atoms. The van der Waals surface area contributed by atoms with E-state index in [-0.39, 0.29) is 12.1 Å². The number of rotatable bonds is 5. The molecule has 0 aliphatic carbocycles. The van der Waals surface area contributed by atoms with Crippen LogP contribution in [-0.2, 0) is 9.53 Å². The second-order valence-electron chi connectivity index (χ2n) is 3.06. The summed E-state index contributed by atoms with van der Waals surface area (Å²) in [7, 11) is 0. The third-order valence-corrected chi connectivity index (χ3v) is 1.86. The molecule has 0 spiro atoms. The average Bonchev–Trinajstić information content (AvgIpc) is 2.04. The summed E-state index contributed by atoms with van der Waals surface area (Å²) in [5.41, 5.74) is 3.81. The maximum absolute atomic E-state index is 10.7. The number of hydrogen-bond acceptors (Lipinski definition) is 2. The normalized spacial score (nSPS) is 11.6. The molecule has 0 aliphatic heterocycles. The van der Waals surface area contributed by atoms with Crippen molar-refractivity contribution in [2.75, 3.05) is 0 Å². The molecule has 74 valence electrons. The minimum absolute atomic E-state index is 0.179. The lowest BCUT2D eigenvalue weighted by Gasteiger charge is -2.13. The number of unbranched alkanes of at least 4 members (excludes halogenated alkanes) is 1. The average molecular weight is 182 g/mol. The maximum Gasteiger partial charge on any atom is 0.303 e. The van der Waals surface area contributed by atoms with E-state index in [2.05, 4.69) is 19.2 Å². The zero-order chi connectivity index (χ0) is 10.3. The molecule has 2 heteroatoms. The lowest BCUT2D eigenvalue weighted by Crippen LogP contribution is -2.14.